The van der Waals surface area contributed by atoms with E-state index in [2.05, 4.69) is 5.32 Å². The van der Waals surface area contributed by atoms with E-state index in [0.717, 1.165) is 38.6 Å². The van der Waals surface area contributed by atoms with Gasteiger partial charge < -0.3 is 11.1 Å². The Morgan fingerprint density at radius 1 is 1.04 bits per heavy atom. The predicted octanol–water partition coefficient (Wildman–Crippen LogP) is 0.997. The molecule has 1 aromatic rings. The van der Waals surface area contributed by atoms with Crippen LogP contribution in [0.4, 0.5) is 5.69 Å². The van der Waals surface area contributed by atoms with Gasteiger partial charge in [-0.3, -0.25) is 14.5 Å². The highest BCUT2D eigenvalue weighted by Crippen LogP contribution is 2.22. The largest absolute Gasteiger partial charge is 0.369 e. The van der Waals surface area contributed by atoms with Crippen molar-refractivity contribution in [3.05, 3.63) is 24.3 Å². The van der Waals surface area contributed by atoms with E-state index in [1.807, 2.05) is 4.90 Å². The normalized spacial score (nSPS) is 21.9. The van der Waals surface area contributed by atoms with Crippen molar-refractivity contribution in [3.8, 4) is 0 Å². The van der Waals surface area contributed by atoms with Gasteiger partial charge >= 0.3 is 0 Å². The average Bonchev–Trinajstić information content (AvgIpc) is 2.69. The number of nitrogens with zero attached hydrogens (tertiary/aromatic N) is 2. The zero-order valence-corrected chi connectivity index (χ0v) is 16.8. The second-order valence-corrected chi connectivity index (χ2v) is 9.45. The molecule has 3 N–H and O–H groups in total. The molecular formula is C19H28N4O4S. The van der Waals surface area contributed by atoms with Gasteiger partial charge in [0.1, 0.15) is 0 Å². The number of anilines is 1. The summed E-state index contributed by atoms with van der Waals surface area (Å²) >= 11 is 0. The highest BCUT2D eigenvalue weighted by Gasteiger charge is 2.26. The lowest BCUT2D eigenvalue weighted by molar-refractivity contribution is -0.125. The number of hydrogen-bond donors (Lipinski definition) is 2. The molecule has 154 valence electrons. The molecule has 2 amide bonds. The van der Waals surface area contributed by atoms with Crippen LogP contribution in [0.5, 0.6) is 0 Å². The molecule has 2 fully saturated rings. The van der Waals surface area contributed by atoms with Gasteiger partial charge in [-0.25, -0.2) is 8.42 Å². The summed E-state index contributed by atoms with van der Waals surface area (Å²) in [4.78, 5) is 25.8. The van der Waals surface area contributed by atoms with Crippen LogP contribution in [0.2, 0.25) is 0 Å². The molecule has 2 aliphatic heterocycles. The number of nitrogens with two attached hydrogens (primary N) is 1. The number of primary amides is 1. The summed E-state index contributed by atoms with van der Waals surface area (Å²) in [6, 6.07) is 6.28. The SMILES string of the molecule is NC(=O)[C@@H]1CCCN(CC(=O)Nc2ccc(S(=O)(=O)N3CCCCC3)cc2)C1. The van der Waals surface area contributed by atoms with Crippen LogP contribution in [0.3, 0.4) is 0 Å². The molecule has 0 aromatic heterocycles. The van der Waals surface area contributed by atoms with Gasteiger partial charge in [-0.15, -0.1) is 0 Å². The number of carbonyl (C=O) groups is 2. The minimum absolute atomic E-state index is 0.178. The minimum atomic E-state index is -3.48. The Balaban J connectivity index is 1.56. The summed E-state index contributed by atoms with van der Waals surface area (Å²) < 4.78 is 26.9. The summed E-state index contributed by atoms with van der Waals surface area (Å²) in [5.74, 6) is -0.729. The summed E-state index contributed by atoms with van der Waals surface area (Å²) in [6.45, 7) is 2.55. The first-order chi connectivity index (χ1) is 13.4. The maximum atomic E-state index is 12.7. The number of amides is 2. The Bertz CT molecular complexity index is 804. The first-order valence-corrected chi connectivity index (χ1v) is 11.2. The van der Waals surface area contributed by atoms with Gasteiger partial charge in [0.25, 0.3) is 0 Å². The van der Waals surface area contributed by atoms with Crippen molar-refractivity contribution in [1.82, 2.24) is 9.21 Å². The molecule has 0 aliphatic carbocycles. The van der Waals surface area contributed by atoms with Gasteiger partial charge in [-0.2, -0.15) is 4.31 Å². The molecule has 0 radical (unpaired) electrons. The molecule has 1 atom stereocenters. The highest BCUT2D eigenvalue weighted by atomic mass is 32.2. The van der Waals surface area contributed by atoms with Crippen molar-refractivity contribution in [1.29, 1.82) is 0 Å². The molecule has 3 rings (SSSR count). The Morgan fingerprint density at radius 2 is 1.71 bits per heavy atom. The lowest BCUT2D eigenvalue weighted by atomic mass is 9.97. The van der Waals surface area contributed by atoms with Gasteiger partial charge in [0.2, 0.25) is 21.8 Å². The second kappa shape index (κ2) is 9.02. The van der Waals surface area contributed by atoms with Crippen molar-refractivity contribution >= 4 is 27.5 Å². The number of benzene rings is 1. The Hall–Kier alpha value is -1.97. The molecule has 2 heterocycles. The molecule has 28 heavy (non-hydrogen) atoms. The van der Waals surface area contributed by atoms with E-state index >= 15 is 0 Å². The summed E-state index contributed by atoms with van der Waals surface area (Å²) in [6.07, 6.45) is 4.44. The van der Waals surface area contributed by atoms with E-state index in [1.165, 1.54) is 16.4 Å². The summed E-state index contributed by atoms with van der Waals surface area (Å²) in [5.41, 5.74) is 5.92. The van der Waals surface area contributed by atoms with Crippen LogP contribution >= 0.6 is 0 Å². The third-order valence-electron chi connectivity index (χ3n) is 5.37. The molecule has 9 heteroatoms. The highest BCUT2D eigenvalue weighted by molar-refractivity contribution is 7.89. The zero-order valence-electron chi connectivity index (χ0n) is 16.0. The van der Waals surface area contributed by atoms with Crippen molar-refractivity contribution in [2.75, 3.05) is 38.0 Å². The Kier molecular flexibility index (Phi) is 6.69. The summed E-state index contributed by atoms with van der Waals surface area (Å²) in [5, 5.41) is 2.79. The maximum absolute atomic E-state index is 12.7. The van der Waals surface area contributed by atoms with Crippen molar-refractivity contribution < 1.29 is 18.0 Å². The van der Waals surface area contributed by atoms with E-state index in [4.69, 9.17) is 5.73 Å². The molecule has 2 aliphatic rings. The maximum Gasteiger partial charge on any atom is 0.243 e. The molecule has 1 aromatic carbocycles. The lowest BCUT2D eigenvalue weighted by Crippen LogP contribution is -2.44. The molecule has 8 nitrogen and oxygen atoms in total. The van der Waals surface area contributed by atoms with Crippen molar-refractivity contribution in [2.45, 2.75) is 37.0 Å². The minimum Gasteiger partial charge on any atom is -0.369 e. The van der Waals surface area contributed by atoms with E-state index in [1.54, 1.807) is 12.1 Å². The van der Waals surface area contributed by atoms with E-state index in [-0.39, 0.29) is 29.2 Å². The van der Waals surface area contributed by atoms with Crippen LogP contribution < -0.4 is 11.1 Å². The Labute approximate surface area is 166 Å². The number of likely N-dealkylation sites (tertiary alicyclic amines) is 1. The molecule has 2 saturated heterocycles. The van der Waals surface area contributed by atoms with Gasteiger partial charge in [0, 0.05) is 25.3 Å². The predicted molar refractivity (Wildman–Crippen MR) is 106 cm³/mol. The molecular weight excluding hydrogens is 380 g/mol. The second-order valence-electron chi connectivity index (χ2n) is 7.51. The topological polar surface area (TPSA) is 113 Å². The summed E-state index contributed by atoms with van der Waals surface area (Å²) in [7, 11) is -3.48. The van der Waals surface area contributed by atoms with Gasteiger partial charge in [-0.05, 0) is 56.5 Å². The van der Waals surface area contributed by atoms with Crippen LogP contribution in [-0.4, -0.2) is 62.2 Å². The number of hydrogen-bond acceptors (Lipinski definition) is 5. The third-order valence-corrected chi connectivity index (χ3v) is 7.28. The molecule has 0 unspecified atom stereocenters. The number of carbonyl (C=O) groups excluding carboxylic acids is 2. The number of sulfonamides is 1. The van der Waals surface area contributed by atoms with E-state index in [9.17, 15) is 18.0 Å². The fourth-order valence-corrected chi connectivity index (χ4v) is 5.32. The van der Waals surface area contributed by atoms with Gasteiger partial charge in [0.15, 0.2) is 0 Å². The average molecular weight is 409 g/mol. The van der Waals surface area contributed by atoms with Crippen molar-refractivity contribution in [2.24, 2.45) is 11.7 Å². The number of nitrogens with one attached hydrogen (secondary N) is 1. The van der Waals surface area contributed by atoms with Gasteiger partial charge in [0.05, 0.1) is 17.4 Å². The van der Waals surface area contributed by atoms with Crippen LogP contribution in [0.1, 0.15) is 32.1 Å². The first kappa shape index (κ1) is 20.8. The smallest absolute Gasteiger partial charge is 0.243 e. The molecule has 0 saturated carbocycles. The van der Waals surface area contributed by atoms with Crippen LogP contribution in [-0.2, 0) is 19.6 Å². The number of piperidine rings is 2. The van der Waals surface area contributed by atoms with Crippen LogP contribution in [0, 0.1) is 5.92 Å². The zero-order chi connectivity index (χ0) is 20.1. The van der Waals surface area contributed by atoms with Crippen molar-refractivity contribution in [3.63, 3.8) is 0 Å². The molecule has 0 spiro atoms. The monoisotopic (exact) mass is 408 g/mol. The lowest BCUT2D eigenvalue weighted by Gasteiger charge is -2.30. The number of rotatable bonds is 6. The Morgan fingerprint density at radius 3 is 2.36 bits per heavy atom. The molecule has 0 bridgehead atoms. The quantitative estimate of drug-likeness (QED) is 0.729. The van der Waals surface area contributed by atoms with Crippen LogP contribution in [0.25, 0.3) is 0 Å². The van der Waals surface area contributed by atoms with Gasteiger partial charge in [-0.1, -0.05) is 6.42 Å². The third kappa shape index (κ3) is 5.09. The standard InChI is InChI=1S/C19H28N4O4S/c20-19(25)15-5-4-10-22(13-15)14-18(24)21-16-6-8-17(9-7-16)28(26,27)23-11-2-1-3-12-23/h6-9,15H,1-5,10-14H2,(H2,20,25)(H,21,24)/t15-/m1/s1. The van der Waals surface area contributed by atoms with Crippen LogP contribution in [0.15, 0.2) is 29.2 Å². The fourth-order valence-electron chi connectivity index (χ4n) is 3.80. The first-order valence-electron chi connectivity index (χ1n) is 9.78. The van der Waals surface area contributed by atoms with E-state index < -0.39 is 10.0 Å². The fraction of sp³-hybridized carbons (Fsp3) is 0.579. The van der Waals surface area contributed by atoms with E-state index in [0.29, 0.717) is 25.3 Å².